The molecule has 5 nitrogen and oxygen atoms in total. The zero-order chi connectivity index (χ0) is 14.8. The molecule has 0 saturated carbocycles. The molecule has 1 atom stereocenters. The van der Waals surface area contributed by atoms with E-state index in [1.54, 1.807) is 6.92 Å². The van der Waals surface area contributed by atoms with Gasteiger partial charge in [-0.05, 0) is 26.2 Å². The predicted octanol–water partition coefficient (Wildman–Crippen LogP) is 0.794. The third-order valence-corrected chi connectivity index (χ3v) is 7.06. The molecule has 2 aliphatic rings. The van der Waals surface area contributed by atoms with Crippen LogP contribution < -0.4 is 5.32 Å². The number of thiocarbonyl (C=S) groups is 1. The molecule has 2 aliphatic heterocycles. The molecule has 114 valence electrons. The average Bonchev–Trinajstić information content (AvgIpc) is 2.94. The van der Waals surface area contributed by atoms with Gasteiger partial charge in [0.05, 0.1) is 22.8 Å². The second kappa shape index (κ2) is 6.19. The summed E-state index contributed by atoms with van der Waals surface area (Å²) in [5.74, 6) is 0.303. The lowest BCUT2D eigenvalue weighted by molar-refractivity contribution is -0.120. The number of hydrogen-bond donors (Lipinski definition) is 1. The number of sulfone groups is 1. The van der Waals surface area contributed by atoms with Gasteiger partial charge in [0.1, 0.15) is 4.32 Å². The maximum atomic E-state index is 11.9. The Morgan fingerprint density at radius 3 is 2.60 bits per heavy atom. The molecule has 2 rings (SSSR count). The van der Waals surface area contributed by atoms with Crippen molar-refractivity contribution in [3.05, 3.63) is 0 Å². The number of amides is 1. The summed E-state index contributed by atoms with van der Waals surface area (Å²) in [6.45, 7) is 3.74. The summed E-state index contributed by atoms with van der Waals surface area (Å²) in [5.41, 5.74) is -0.619. The van der Waals surface area contributed by atoms with Crippen molar-refractivity contribution in [1.29, 1.82) is 0 Å². The average molecular weight is 337 g/mol. The molecule has 2 saturated heterocycles. The molecule has 0 aliphatic carbocycles. The molecule has 1 amide bonds. The van der Waals surface area contributed by atoms with Crippen molar-refractivity contribution in [2.45, 2.75) is 31.7 Å². The van der Waals surface area contributed by atoms with Crippen molar-refractivity contribution in [3.8, 4) is 0 Å². The number of rotatable bonds is 3. The first-order valence-electron chi connectivity index (χ1n) is 6.73. The van der Waals surface area contributed by atoms with Crippen molar-refractivity contribution >= 4 is 44.0 Å². The molecule has 1 N–H and O–H groups in total. The first-order chi connectivity index (χ1) is 9.30. The molecule has 0 aromatic rings. The fourth-order valence-corrected chi connectivity index (χ4v) is 5.74. The van der Waals surface area contributed by atoms with Crippen molar-refractivity contribution in [3.63, 3.8) is 0 Å². The van der Waals surface area contributed by atoms with Crippen LogP contribution in [0.25, 0.3) is 0 Å². The summed E-state index contributed by atoms with van der Waals surface area (Å²) < 4.78 is 23.7. The van der Waals surface area contributed by atoms with E-state index in [1.807, 2.05) is 0 Å². The van der Waals surface area contributed by atoms with Gasteiger partial charge < -0.3 is 10.2 Å². The van der Waals surface area contributed by atoms with E-state index in [1.165, 1.54) is 11.8 Å². The summed E-state index contributed by atoms with van der Waals surface area (Å²) in [4.78, 5) is 14.0. The summed E-state index contributed by atoms with van der Waals surface area (Å²) in [5, 5.41) is 2.84. The normalized spacial score (nSPS) is 28.6. The van der Waals surface area contributed by atoms with Crippen LogP contribution in [0.1, 0.15) is 26.2 Å². The minimum atomic E-state index is -3.00. The molecule has 2 fully saturated rings. The Morgan fingerprint density at radius 2 is 2.05 bits per heavy atom. The van der Waals surface area contributed by atoms with Crippen molar-refractivity contribution in [2.75, 3.05) is 30.3 Å². The molecule has 0 aromatic heterocycles. The van der Waals surface area contributed by atoms with Gasteiger partial charge in [0, 0.05) is 13.1 Å². The molecule has 0 radical (unpaired) electrons. The Bertz CT molecular complexity index is 500. The quantitative estimate of drug-likeness (QED) is 0.769. The van der Waals surface area contributed by atoms with Crippen LogP contribution in [0.3, 0.4) is 0 Å². The highest BCUT2D eigenvalue weighted by Gasteiger charge is 2.39. The highest BCUT2D eigenvalue weighted by Crippen LogP contribution is 2.23. The van der Waals surface area contributed by atoms with Crippen LogP contribution in [0.15, 0.2) is 0 Å². The summed E-state index contributed by atoms with van der Waals surface area (Å²) >= 11 is 6.65. The first-order valence-corrected chi connectivity index (χ1v) is 9.94. The van der Waals surface area contributed by atoms with E-state index in [0.29, 0.717) is 6.42 Å². The molecular weight excluding hydrogens is 316 g/mol. The number of thioether (sulfide) groups is 1. The van der Waals surface area contributed by atoms with Gasteiger partial charge in [-0.15, -0.1) is 0 Å². The Morgan fingerprint density at radius 1 is 1.40 bits per heavy atom. The van der Waals surface area contributed by atoms with Crippen LogP contribution in [0.2, 0.25) is 0 Å². The number of nitrogens with zero attached hydrogens (tertiary/aromatic N) is 1. The Kier molecular flexibility index (Phi) is 4.96. The van der Waals surface area contributed by atoms with Crippen LogP contribution in [-0.2, 0) is 14.6 Å². The Labute approximate surface area is 129 Å². The van der Waals surface area contributed by atoms with Gasteiger partial charge in [-0.3, -0.25) is 4.79 Å². The zero-order valence-corrected chi connectivity index (χ0v) is 14.0. The van der Waals surface area contributed by atoms with Crippen LogP contribution in [0, 0.1) is 0 Å². The van der Waals surface area contributed by atoms with Crippen LogP contribution >= 0.6 is 24.0 Å². The molecule has 0 aromatic carbocycles. The molecule has 8 heteroatoms. The predicted molar refractivity (Wildman–Crippen MR) is 85.7 cm³/mol. The van der Waals surface area contributed by atoms with E-state index in [2.05, 4.69) is 10.2 Å². The van der Waals surface area contributed by atoms with Gasteiger partial charge in [-0.1, -0.05) is 24.0 Å². The smallest absolute Gasteiger partial charge is 0.230 e. The second-order valence-electron chi connectivity index (χ2n) is 5.70. The van der Waals surface area contributed by atoms with Gasteiger partial charge in [-0.2, -0.15) is 0 Å². The highest BCUT2D eigenvalue weighted by atomic mass is 32.2. The van der Waals surface area contributed by atoms with Crippen LogP contribution in [0.4, 0.5) is 0 Å². The number of nitrogens with one attached hydrogen (secondary N) is 1. The maximum Gasteiger partial charge on any atom is 0.230 e. The van der Waals surface area contributed by atoms with Crippen molar-refractivity contribution in [2.24, 2.45) is 0 Å². The lowest BCUT2D eigenvalue weighted by Crippen LogP contribution is -2.47. The molecule has 0 unspecified atom stereocenters. The van der Waals surface area contributed by atoms with Gasteiger partial charge in [0.15, 0.2) is 9.84 Å². The topological polar surface area (TPSA) is 66.5 Å². The third kappa shape index (κ3) is 4.33. The van der Waals surface area contributed by atoms with Gasteiger partial charge in [-0.25, -0.2) is 8.42 Å². The molecule has 0 bridgehead atoms. The van der Waals surface area contributed by atoms with Crippen LogP contribution in [0.5, 0.6) is 0 Å². The van der Waals surface area contributed by atoms with E-state index in [0.717, 1.165) is 30.3 Å². The minimum Gasteiger partial charge on any atom is -0.358 e. The zero-order valence-electron chi connectivity index (χ0n) is 11.6. The first kappa shape index (κ1) is 16.0. The molecule has 20 heavy (non-hydrogen) atoms. The van der Waals surface area contributed by atoms with Gasteiger partial charge in [0.2, 0.25) is 5.91 Å². The fourth-order valence-electron chi connectivity index (χ4n) is 2.60. The van der Waals surface area contributed by atoms with E-state index < -0.39 is 15.4 Å². The molecular formula is C12H20N2O3S3. The number of hydrogen-bond acceptors (Lipinski definition) is 5. The second-order valence-corrected chi connectivity index (χ2v) is 9.49. The maximum absolute atomic E-state index is 11.9. The molecule has 2 heterocycles. The van der Waals surface area contributed by atoms with E-state index in [-0.39, 0.29) is 23.2 Å². The lowest BCUT2D eigenvalue weighted by atomic mass is 10.0. The largest absolute Gasteiger partial charge is 0.358 e. The van der Waals surface area contributed by atoms with Gasteiger partial charge in [0.25, 0.3) is 0 Å². The third-order valence-electron chi connectivity index (χ3n) is 3.64. The van der Waals surface area contributed by atoms with Crippen molar-refractivity contribution < 1.29 is 13.2 Å². The van der Waals surface area contributed by atoms with E-state index in [4.69, 9.17) is 12.2 Å². The number of likely N-dealkylation sites (tertiary alicyclic amines) is 1. The van der Waals surface area contributed by atoms with Crippen molar-refractivity contribution in [1.82, 2.24) is 10.2 Å². The van der Waals surface area contributed by atoms with Gasteiger partial charge >= 0.3 is 0 Å². The number of carbonyl (C=O) groups is 1. The summed E-state index contributed by atoms with van der Waals surface area (Å²) in [6.07, 6.45) is 2.80. The minimum absolute atomic E-state index is 0.0347. The SMILES string of the molecule is C[C@@]1(NC(=O)CSC(=S)N2CCCC2)CCS(=O)(=O)C1. The standard InChI is InChI=1S/C12H20N2O3S3/c1-12(4-7-20(16,17)9-12)13-10(15)8-19-11(18)14-5-2-3-6-14/h2-9H2,1H3,(H,13,15)/t12-/m1/s1. The van der Waals surface area contributed by atoms with E-state index in [9.17, 15) is 13.2 Å². The van der Waals surface area contributed by atoms with Crippen LogP contribution in [-0.4, -0.2) is 59.4 Å². The van der Waals surface area contributed by atoms with E-state index >= 15 is 0 Å². The lowest BCUT2D eigenvalue weighted by Gasteiger charge is -2.24. The fraction of sp³-hybridized carbons (Fsp3) is 0.833. The summed E-state index contributed by atoms with van der Waals surface area (Å²) in [7, 11) is -3.00. The highest BCUT2D eigenvalue weighted by molar-refractivity contribution is 8.23. The Balaban J connectivity index is 1.77. The Hall–Kier alpha value is -0.340. The molecule has 0 spiro atoms. The number of carbonyl (C=O) groups excluding carboxylic acids is 1. The summed E-state index contributed by atoms with van der Waals surface area (Å²) in [6, 6.07) is 0. The monoisotopic (exact) mass is 336 g/mol.